The van der Waals surface area contributed by atoms with Crippen LogP contribution in [-0.2, 0) is 20.1 Å². The van der Waals surface area contributed by atoms with Crippen LogP contribution in [-0.4, -0.2) is 30.4 Å². The molecule has 0 spiro atoms. The molecular weight excluding hydrogens is 264 g/mol. The van der Waals surface area contributed by atoms with Crippen LogP contribution in [0.5, 0.6) is 0 Å². The summed E-state index contributed by atoms with van der Waals surface area (Å²) < 4.78 is 2.97. The van der Waals surface area contributed by atoms with E-state index < -0.39 is 10.8 Å². The summed E-state index contributed by atoms with van der Waals surface area (Å²) in [4.78, 5) is 22.3. The number of nitro groups is 1. The third-order valence-electron chi connectivity index (χ3n) is 2.83. The molecule has 0 fully saturated rings. The van der Waals surface area contributed by atoms with Crippen molar-refractivity contribution in [1.29, 1.82) is 0 Å². The van der Waals surface area contributed by atoms with E-state index in [0.717, 1.165) is 5.69 Å². The van der Waals surface area contributed by atoms with Crippen molar-refractivity contribution in [2.24, 2.45) is 7.05 Å². The first kappa shape index (κ1) is 13.7. The van der Waals surface area contributed by atoms with Crippen molar-refractivity contribution < 1.29 is 9.72 Å². The van der Waals surface area contributed by atoms with Gasteiger partial charge in [0.2, 0.25) is 5.69 Å². The first-order chi connectivity index (χ1) is 9.52. The maximum Gasteiger partial charge on any atom is 0.320 e. The minimum atomic E-state index is -0.613. The third kappa shape index (κ3) is 2.66. The maximum atomic E-state index is 12.0. The predicted molar refractivity (Wildman–Crippen MR) is 68.9 cm³/mol. The quantitative estimate of drug-likeness (QED) is 0.632. The fraction of sp³-hybridized carbons (Fsp3) is 0.364. The van der Waals surface area contributed by atoms with E-state index in [1.54, 1.807) is 30.9 Å². The summed E-state index contributed by atoms with van der Waals surface area (Å²) in [5, 5.41) is 21.4. The molecule has 0 saturated carbocycles. The van der Waals surface area contributed by atoms with Crippen LogP contribution in [0.2, 0.25) is 0 Å². The summed E-state index contributed by atoms with van der Waals surface area (Å²) in [5.41, 5.74) is 0.310. The van der Waals surface area contributed by atoms with E-state index in [1.165, 1.54) is 10.9 Å². The van der Waals surface area contributed by atoms with Gasteiger partial charge < -0.3 is 5.32 Å². The van der Waals surface area contributed by atoms with Gasteiger partial charge in [-0.2, -0.15) is 10.2 Å². The molecule has 0 aliphatic rings. The van der Waals surface area contributed by atoms with E-state index in [2.05, 4.69) is 15.5 Å². The molecule has 0 aliphatic heterocycles. The number of aromatic nitrogens is 4. The lowest BCUT2D eigenvalue weighted by atomic mass is 10.3. The average molecular weight is 278 g/mol. The zero-order valence-corrected chi connectivity index (χ0v) is 11.1. The van der Waals surface area contributed by atoms with Gasteiger partial charge >= 0.3 is 5.69 Å². The van der Waals surface area contributed by atoms with E-state index in [0.29, 0.717) is 6.54 Å². The molecule has 2 aromatic rings. The maximum absolute atomic E-state index is 12.0. The Balaban J connectivity index is 2.14. The monoisotopic (exact) mass is 278 g/mol. The number of carbonyl (C=O) groups excluding carboxylic acids is 1. The Kier molecular flexibility index (Phi) is 3.78. The largest absolute Gasteiger partial charge is 0.345 e. The van der Waals surface area contributed by atoms with Gasteiger partial charge in [-0.1, -0.05) is 0 Å². The summed E-state index contributed by atoms with van der Waals surface area (Å²) in [6.45, 7) is 2.47. The van der Waals surface area contributed by atoms with Crippen LogP contribution in [0.3, 0.4) is 0 Å². The molecule has 0 saturated heterocycles. The molecule has 9 nitrogen and oxygen atoms in total. The highest BCUT2D eigenvalue weighted by Gasteiger charge is 2.25. The normalized spacial score (nSPS) is 10.5. The van der Waals surface area contributed by atoms with E-state index in [1.807, 2.05) is 0 Å². The number of nitrogens with zero attached hydrogens (tertiary/aromatic N) is 5. The molecule has 106 valence electrons. The summed E-state index contributed by atoms with van der Waals surface area (Å²) >= 11 is 0. The van der Waals surface area contributed by atoms with Crippen LogP contribution >= 0.6 is 0 Å². The first-order valence-corrected chi connectivity index (χ1v) is 5.99. The summed E-state index contributed by atoms with van der Waals surface area (Å²) in [7, 11) is 1.75. The number of hydrogen-bond donors (Lipinski definition) is 1. The lowest BCUT2D eigenvalue weighted by Gasteiger charge is -2.03. The van der Waals surface area contributed by atoms with Crippen molar-refractivity contribution in [3.05, 3.63) is 40.0 Å². The molecular formula is C11H14N6O3. The molecule has 0 bridgehead atoms. The number of amides is 1. The van der Waals surface area contributed by atoms with Gasteiger partial charge in [0, 0.05) is 19.8 Å². The van der Waals surface area contributed by atoms with Crippen LogP contribution in [0.1, 0.15) is 23.1 Å². The molecule has 0 radical (unpaired) electrons. The highest BCUT2D eigenvalue weighted by atomic mass is 16.6. The topological polar surface area (TPSA) is 108 Å². The number of aryl methyl sites for hydroxylation is 2. The molecule has 0 aromatic carbocycles. The van der Waals surface area contributed by atoms with Crippen LogP contribution in [0.25, 0.3) is 0 Å². The second-order valence-electron chi connectivity index (χ2n) is 4.10. The van der Waals surface area contributed by atoms with Crippen molar-refractivity contribution in [2.75, 3.05) is 0 Å². The van der Waals surface area contributed by atoms with Crippen molar-refractivity contribution >= 4 is 11.6 Å². The van der Waals surface area contributed by atoms with Crippen molar-refractivity contribution in [3.63, 3.8) is 0 Å². The molecule has 1 N–H and O–H groups in total. The summed E-state index contributed by atoms with van der Waals surface area (Å²) in [6.07, 6.45) is 2.86. The molecule has 1 amide bonds. The van der Waals surface area contributed by atoms with E-state index in [4.69, 9.17) is 0 Å². The van der Waals surface area contributed by atoms with Crippen LogP contribution < -0.4 is 5.32 Å². The van der Waals surface area contributed by atoms with Gasteiger partial charge in [-0.05, 0) is 13.0 Å². The van der Waals surface area contributed by atoms with Gasteiger partial charge in [-0.3, -0.25) is 24.3 Å². The first-order valence-electron chi connectivity index (χ1n) is 5.99. The smallest absolute Gasteiger partial charge is 0.320 e. The summed E-state index contributed by atoms with van der Waals surface area (Å²) in [5.74, 6) is -0.579. The van der Waals surface area contributed by atoms with Gasteiger partial charge in [0.25, 0.3) is 5.91 Å². The van der Waals surface area contributed by atoms with Gasteiger partial charge in [0.15, 0.2) is 0 Å². The molecule has 20 heavy (non-hydrogen) atoms. The SMILES string of the molecule is CCn1cc([N+](=O)[O-])c(C(=O)NCc2ccnn2C)n1. The molecule has 9 heteroatoms. The molecule has 0 aliphatic carbocycles. The predicted octanol–water partition coefficient (Wildman–Crippen LogP) is 0.475. The molecule has 2 rings (SSSR count). The van der Waals surface area contributed by atoms with E-state index in [9.17, 15) is 14.9 Å². The Labute approximate surface area is 114 Å². The highest BCUT2D eigenvalue weighted by molar-refractivity contribution is 5.95. The van der Waals surface area contributed by atoms with Gasteiger partial charge in [-0.15, -0.1) is 0 Å². The Morgan fingerprint density at radius 3 is 2.85 bits per heavy atom. The fourth-order valence-electron chi connectivity index (χ4n) is 1.70. The second kappa shape index (κ2) is 5.51. The average Bonchev–Trinajstić information content (AvgIpc) is 3.02. The zero-order valence-electron chi connectivity index (χ0n) is 11.1. The lowest BCUT2D eigenvalue weighted by molar-refractivity contribution is -0.385. The molecule has 0 unspecified atom stereocenters. The van der Waals surface area contributed by atoms with Crippen molar-refractivity contribution in [1.82, 2.24) is 24.9 Å². The minimum absolute atomic E-state index is 0.181. The number of nitrogens with one attached hydrogen (secondary N) is 1. The zero-order chi connectivity index (χ0) is 14.7. The Morgan fingerprint density at radius 2 is 2.30 bits per heavy atom. The number of hydrogen-bond acceptors (Lipinski definition) is 5. The molecule has 2 heterocycles. The lowest BCUT2D eigenvalue weighted by Crippen LogP contribution is -2.25. The van der Waals surface area contributed by atoms with Gasteiger partial charge in [0.1, 0.15) is 6.20 Å². The second-order valence-corrected chi connectivity index (χ2v) is 4.10. The summed E-state index contributed by atoms with van der Waals surface area (Å²) in [6, 6.07) is 1.75. The number of rotatable bonds is 5. The van der Waals surface area contributed by atoms with E-state index in [-0.39, 0.29) is 17.9 Å². The highest BCUT2D eigenvalue weighted by Crippen LogP contribution is 2.16. The third-order valence-corrected chi connectivity index (χ3v) is 2.83. The Morgan fingerprint density at radius 1 is 1.55 bits per heavy atom. The number of carbonyl (C=O) groups is 1. The molecule has 0 atom stereocenters. The minimum Gasteiger partial charge on any atom is -0.345 e. The standard InChI is InChI=1S/C11H14N6O3/c1-3-16-7-9(17(19)20)10(14-16)11(18)12-6-8-4-5-13-15(8)2/h4-5,7H,3,6H2,1-2H3,(H,12,18). The Hall–Kier alpha value is -2.71. The van der Waals surface area contributed by atoms with Crippen LogP contribution in [0.15, 0.2) is 18.5 Å². The molecule has 2 aromatic heterocycles. The van der Waals surface area contributed by atoms with Gasteiger partial charge in [-0.25, -0.2) is 0 Å². The van der Waals surface area contributed by atoms with Crippen LogP contribution in [0.4, 0.5) is 5.69 Å². The van der Waals surface area contributed by atoms with E-state index >= 15 is 0 Å². The van der Waals surface area contributed by atoms with Crippen molar-refractivity contribution in [3.8, 4) is 0 Å². The fourth-order valence-corrected chi connectivity index (χ4v) is 1.70. The van der Waals surface area contributed by atoms with Gasteiger partial charge in [0.05, 0.1) is 17.2 Å². The van der Waals surface area contributed by atoms with Crippen LogP contribution in [0, 0.1) is 10.1 Å². The Bertz CT molecular complexity index is 644. The van der Waals surface area contributed by atoms with Crippen molar-refractivity contribution in [2.45, 2.75) is 20.0 Å².